The molecule has 0 radical (unpaired) electrons. The highest BCUT2D eigenvalue weighted by molar-refractivity contribution is 6.37. The van der Waals surface area contributed by atoms with Crippen molar-refractivity contribution in [3.8, 4) is 11.8 Å². The second-order valence-corrected chi connectivity index (χ2v) is 12.4. The minimum Gasteiger partial charge on any atom is -0.299 e. The molecule has 0 bridgehead atoms. The summed E-state index contributed by atoms with van der Waals surface area (Å²) in [6, 6.07) is -0.476. The molecular formula is C39H70N2O4. The monoisotopic (exact) mass is 631 g/mol. The molecule has 0 fully saturated rings. The fraction of sp³-hybridized carbons (Fsp3) is 0.795. The normalized spacial score (nSPS) is 15.0. The van der Waals surface area contributed by atoms with Crippen LogP contribution < -0.4 is 10.9 Å². The van der Waals surface area contributed by atoms with Crippen molar-refractivity contribution in [3.05, 3.63) is 12.7 Å². The molecule has 0 aromatic heterocycles. The van der Waals surface area contributed by atoms with E-state index in [1.54, 1.807) is 13.0 Å². The molecule has 1 rings (SSSR count). The third kappa shape index (κ3) is 19.2. The van der Waals surface area contributed by atoms with Crippen LogP contribution >= 0.6 is 0 Å². The van der Waals surface area contributed by atoms with E-state index in [0.717, 1.165) is 25.8 Å². The molecule has 0 heterocycles. The molecule has 0 spiro atoms. The number of hydrogen-bond acceptors (Lipinski definition) is 6. The van der Waals surface area contributed by atoms with Gasteiger partial charge in [-0.15, -0.1) is 6.58 Å². The Bertz CT molecular complexity index is 890. The highest BCUT2D eigenvalue weighted by atomic mass is 16.2. The van der Waals surface area contributed by atoms with Crippen LogP contribution in [0.4, 0.5) is 0 Å². The Balaban J connectivity index is 0. The van der Waals surface area contributed by atoms with Crippen LogP contribution in [-0.2, 0) is 19.2 Å². The molecular weight excluding hydrogens is 560 g/mol. The van der Waals surface area contributed by atoms with Gasteiger partial charge in [0, 0.05) is 37.6 Å². The van der Waals surface area contributed by atoms with Gasteiger partial charge >= 0.3 is 0 Å². The first kappa shape index (κ1) is 45.0. The number of nitrogens with one attached hydrogen (secondary N) is 2. The summed E-state index contributed by atoms with van der Waals surface area (Å²) in [5, 5.41) is 0. The van der Waals surface area contributed by atoms with E-state index in [2.05, 4.69) is 50.0 Å². The summed E-state index contributed by atoms with van der Waals surface area (Å²) >= 11 is 0. The van der Waals surface area contributed by atoms with Crippen LogP contribution in [0.3, 0.4) is 0 Å². The van der Waals surface area contributed by atoms with Gasteiger partial charge in [0.05, 0.1) is 0 Å². The number of hydrazine groups is 1. The highest BCUT2D eigenvalue weighted by Crippen LogP contribution is 2.32. The third-order valence-electron chi connectivity index (χ3n) is 8.55. The lowest BCUT2D eigenvalue weighted by Crippen LogP contribution is -2.51. The second kappa shape index (κ2) is 28.1. The van der Waals surface area contributed by atoms with E-state index >= 15 is 0 Å². The maximum Gasteiger partial charge on any atom is 0.201 e. The van der Waals surface area contributed by atoms with Crippen LogP contribution in [0.5, 0.6) is 0 Å². The minimum absolute atomic E-state index is 0.0241. The highest BCUT2D eigenvalue weighted by Gasteiger charge is 2.43. The summed E-state index contributed by atoms with van der Waals surface area (Å²) in [5.74, 6) is 4.05. The Morgan fingerprint density at radius 1 is 0.756 bits per heavy atom. The quantitative estimate of drug-likeness (QED) is 0.0309. The number of ketones is 4. The number of carbonyl (C=O) groups is 4. The molecule has 260 valence electrons. The Kier molecular flexibility index (Phi) is 28.2. The van der Waals surface area contributed by atoms with Gasteiger partial charge in [-0.3, -0.25) is 24.6 Å². The summed E-state index contributed by atoms with van der Waals surface area (Å²) in [7, 11) is 0. The molecule has 0 saturated heterocycles. The largest absolute Gasteiger partial charge is 0.299 e. The summed E-state index contributed by atoms with van der Waals surface area (Å²) < 4.78 is 0. The molecule has 1 aliphatic carbocycles. The standard InChI is InChI=1S/C33H54N2O4.C4H10.C2H6/c1-7-10-11-12-13-14-15-18-24-34-35-32(33(9-3)22-23-33)29(37)21-17-16-20-25(4)30(38)26(5)28(19-8-2)31(39)27(6)36;1-3-4-2;1-2/h9,25-26,28,32,34-35H,3,7-8,10-21,24H2,1-2,4-6H3;3-4H2,1-2H3;1-2H3/t25-,26?,28?,32?;;/m0../s1. The predicted molar refractivity (Wildman–Crippen MR) is 191 cm³/mol. The van der Waals surface area contributed by atoms with Crippen molar-refractivity contribution in [2.45, 2.75) is 171 Å². The smallest absolute Gasteiger partial charge is 0.201 e. The van der Waals surface area contributed by atoms with Crippen molar-refractivity contribution in [3.63, 3.8) is 0 Å². The third-order valence-corrected chi connectivity index (χ3v) is 8.55. The number of rotatable bonds is 27. The van der Waals surface area contributed by atoms with Crippen LogP contribution in [0.2, 0.25) is 0 Å². The van der Waals surface area contributed by atoms with Crippen molar-refractivity contribution < 1.29 is 19.2 Å². The van der Waals surface area contributed by atoms with Gasteiger partial charge in [0.1, 0.15) is 17.2 Å². The van der Waals surface area contributed by atoms with Gasteiger partial charge in [-0.1, -0.05) is 144 Å². The molecule has 45 heavy (non-hydrogen) atoms. The zero-order valence-corrected chi connectivity index (χ0v) is 30.7. The number of hydrogen-bond donors (Lipinski definition) is 2. The van der Waals surface area contributed by atoms with E-state index in [4.69, 9.17) is 0 Å². The Hall–Kier alpha value is -2.10. The van der Waals surface area contributed by atoms with E-state index in [1.165, 1.54) is 64.7 Å². The first-order chi connectivity index (χ1) is 21.6. The molecule has 0 aromatic rings. The zero-order valence-electron chi connectivity index (χ0n) is 30.7. The van der Waals surface area contributed by atoms with E-state index in [9.17, 15) is 19.2 Å². The SMILES string of the molecule is C=CC1(C(NNCCCCCCCCCC)C(=O)CCCC[C@H](C)C(=O)C(C)C(CCC)C(=O)C(C)=O)C#C1.CC.CCCC. The van der Waals surface area contributed by atoms with Crippen molar-refractivity contribution in [1.29, 1.82) is 0 Å². The Morgan fingerprint density at radius 2 is 1.31 bits per heavy atom. The molecule has 2 N–H and O–H groups in total. The summed E-state index contributed by atoms with van der Waals surface area (Å²) in [6.07, 6.45) is 18.2. The van der Waals surface area contributed by atoms with Crippen molar-refractivity contribution in [2.24, 2.45) is 23.2 Å². The minimum atomic E-state index is -0.639. The van der Waals surface area contributed by atoms with Crippen LogP contribution in [0.1, 0.15) is 165 Å². The zero-order chi connectivity index (χ0) is 34.7. The summed E-state index contributed by atoms with van der Waals surface area (Å²) in [6.45, 7) is 22.2. The van der Waals surface area contributed by atoms with Gasteiger partial charge in [-0.05, 0) is 25.7 Å². The van der Waals surface area contributed by atoms with Crippen LogP contribution in [0.25, 0.3) is 0 Å². The van der Waals surface area contributed by atoms with Gasteiger partial charge in [-0.2, -0.15) is 0 Å². The van der Waals surface area contributed by atoms with E-state index in [1.807, 2.05) is 27.7 Å². The van der Waals surface area contributed by atoms with Crippen molar-refractivity contribution in [1.82, 2.24) is 10.9 Å². The molecule has 6 heteroatoms. The maximum atomic E-state index is 13.1. The number of unbranched alkanes of at least 4 members (excludes halogenated alkanes) is 9. The summed E-state index contributed by atoms with van der Waals surface area (Å²) in [5.41, 5.74) is 5.81. The lowest BCUT2D eigenvalue weighted by Gasteiger charge is -2.24. The van der Waals surface area contributed by atoms with Crippen molar-refractivity contribution in [2.75, 3.05) is 6.54 Å². The Labute approximate surface area is 278 Å². The van der Waals surface area contributed by atoms with Gasteiger partial charge in [0.25, 0.3) is 0 Å². The average molecular weight is 631 g/mol. The van der Waals surface area contributed by atoms with Gasteiger partial charge < -0.3 is 0 Å². The van der Waals surface area contributed by atoms with Gasteiger partial charge in [-0.25, -0.2) is 5.43 Å². The molecule has 0 saturated carbocycles. The fourth-order valence-electron chi connectivity index (χ4n) is 5.27. The molecule has 6 nitrogen and oxygen atoms in total. The second-order valence-electron chi connectivity index (χ2n) is 12.4. The Morgan fingerprint density at radius 3 is 1.78 bits per heavy atom. The maximum absolute atomic E-state index is 13.1. The number of carbonyl (C=O) groups excluding carboxylic acids is 4. The van der Waals surface area contributed by atoms with Crippen LogP contribution in [-0.4, -0.2) is 35.7 Å². The number of Topliss-reactive ketones (excluding diaryl/α,β-unsaturated/α-hetero) is 4. The lowest BCUT2D eigenvalue weighted by atomic mass is 9.78. The van der Waals surface area contributed by atoms with Crippen LogP contribution in [0, 0.1) is 35.0 Å². The molecule has 0 amide bonds. The van der Waals surface area contributed by atoms with E-state index in [-0.39, 0.29) is 17.5 Å². The molecule has 0 aromatic carbocycles. The van der Waals surface area contributed by atoms with E-state index in [0.29, 0.717) is 25.7 Å². The summed E-state index contributed by atoms with van der Waals surface area (Å²) in [4.78, 5) is 50.1. The topological polar surface area (TPSA) is 92.3 Å². The molecule has 3 unspecified atom stereocenters. The van der Waals surface area contributed by atoms with Gasteiger partial charge in [0.2, 0.25) is 5.78 Å². The molecule has 4 atom stereocenters. The molecule has 0 aliphatic heterocycles. The fourth-order valence-corrected chi connectivity index (χ4v) is 5.27. The van der Waals surface area contributed by atoms with E-state index < -0.39 is 34.9 Å². The lowest BCUT2D eigenvalue weighted by molar-refractivity contribution is -0.141. The van der Waals surface area contributed by atoms with Crippen molar-refractivity contribution >= 4 is 23.1 Å². The van der Waals surface area contributed by atoms with Crippen LogP contribution in [0.15, 0.2) is 12.7 Å². The van der Waals surface area contributed by atoms with Gasteiger partial charge in [0.15, 0.2) is 11.6 Å². The first-order valence-electron chi connectivity index (χ1n) is 18.3. The average Bonchev–Trinajstić information content (AvgIpc) is 3.85. The molecule has 1 aliphatic rings. The first-order valence-corrected chi connectivity index (χ1v) is 18.3. The predicted octanol–water partition coefficient (Wildman–Crippen LogP) is 9.16.